The predicted molar refractivity (Wildman–Crippen MR) is 102 cm³/mol. The molecule has 4 rings (SSSR count). The summed E-state index contributed by atoms with van der Waals surface area (Å²) in [6.45, 7) is 0. The van der Waals surface area contributed by atoms with Crippen LogP contribution in [0.4, 0.5) is 5.69 Å². The van der Waals surface area contributed by atoms with Crippen molar-refractivity contribution in [3.8, 4) is 22.8 Å². The molecule has 1 N–H and O–H groups in total. The number of carbonyl (C=O) groups excluding carboxylic acids is 1. The SMILES string of the molecule is O=C(Nc1ccccc1-c1nc(-c2ccccc2Cl)no1)c1ccccn1. The Morgan fingerprint density at radius 1 is 0.926 bits per heavy atom. The minimum Gasteiger partial charge on any atom is -0.334 e. The molecule has 6 nitrogen and oxygen atoms in total. The molecule has 132 valence electrons. The molecule has 2 aromatic heterocycles. The van der Waals surface area contributed by atoms with Gasteiger partial charge in [-0.1, -0.05) is 47.1 Å². The van der Waals surface area contributed by atoms with E-state index >= 15 is 0 Å². The van der Waals surface area contributed by atoms with E-state index in [-0.39, 0.29) is 11.8 Å². The normalized spacial score (nSPS) is 10.6. The maximum atomic E-state index is 12.4. The minimum atomic E-state index is -0.325. The number of carbonyl (C=O) groups is 1. The van der Waals surface area contributed by atoms with Crippen LogP contribution in [0.25, 0.3) is 22.8 Å². The van der Waals surface area contributed by atoms with Crippen LogP contribution in [-0.2, 0) is 0 Å². The van der Waals surface area contributed by atoms with Crippen LogP contribution >= 0.6 is 11.6 Å². The van der Waals surface area contributed by atoms with Crippen molar-refractivity contribution in [1.29, 1.82) is 0 Å². The molecule has 0 atom stereocenters. The quantitative estimate of drug-likeness (QED) is 0.558. The van der Waals surface area contributed by atoms with Crippen molar-refractivity contribution < 1.29 is 9.32 Å². The van der Waals surface area contributed by atoms with Gasteiger partial charge in [-0.05, 0) is 36.4 Å². The monoisotopic (exact) mass is 376 g/mol. The molecule has 0 aliphatic heterocycles. The Morgan fingerprint density at radius 2 is 1.67 bits per heavy atom. The van der Waals surface area contributed by atoms with E-state index in [1.165, 1.54) is 0 Å². The van der Waals surface area contributed by atoms with E-state index in [1.807, 2.05) is 30.3 Å². The van der Waals surface area contributed by atoms with Crippen molar-refractivity contribution in [2.24, 2.45) is 0 Å². The smallest absolute Gasteiger partial charge is 0.274 e. The van der Waals surface area contributed by atoms with E-state index in [2.05, 4.69) is 20.4 Å². The van der Waals surface area contributed by atoms with Crippen LogP contribution in [0.3, 0.4) is 0 Å². The van der Waals surface area contributed by atoms with Gasteiger partial charge in [-0.15, -0.1) is 0 Å². The van der Waals surface area contributed by atoms with Gasteiger partial charge in [-0.3, -0.25) is 9.78 Å². The summed E-state index contributed by atoms with van der Waals surface area (Å²) in [6.07, 6.45) is 1.56. The molecule has 1 amide bonds. The van der Waals surface area contributed by atoms with Crippen LogP contribution in [-0.4, -0.2) is 21.0 Å². The Hall–Kier alpha value is -3.51. The molecular weight excluding hydrogens is 364 g/mol. The molecule has 4 aromatic rings. The second kappa shape index (κ2) is 7.39. The molecule has 0 radical (unpaired) electrons. The number of halogens is 1. The van der Waals surface area contributed by atoms with Crippen LogP contribution < -0.4 is 5.32 Å². The molecule has 7 heteroatoms. The molecule has 0 saturated carbocycles. The third kappa shape index (κ3) is 3.56. The summed E-state index contributed by atoms with van der Waals surface area (Å²) in [4.78, 5) is 20.9. The van der Waals surface area contributed by atoms with Gasteiger partial charge < -0.3 is 9.84 Å². The lowest BCUT2D eigenvalue weighted by molar-refractivity contribution is 0.102. The Labute approximate surface area is 159 Å². The van der Waals surface area contributed by atoms with Gasteiger partial charge in [0.05, 0.1) is 16.3 Å². The largest absolute Gasteiger partial charge is 0.334 e. The topological polar surface area (TPSA) is 80.9 Å². The van der Waals surface area contributed by atoms with Gasteiger partial charge in [-0.25, -0.2) is 0 Å². The fraction of sp³-hybridized carbons (Fsp3) is 0. The Morgan fingerprint density at radius 3 is 2.44 bits per heavy atom. The molecule has 0 unspecified atom stereocenters. The van der Waals surface area contributed by atoms with E-state index in [0.29, 0.717) is 33.4 Å². The van der Waals surface area contributed by atoms with Crippen molar-refractivity contribution >= 4 is 23.2 Å². The maximum Gasteiger partial charge on any atom is 0.274 e. The van der Waals surface area contributed by atoms with E-state index in [4.69, 9.17) is 16.1 Å². The number of hydrogen-bond donors (Lipinski definition) is 1. The highest BCUT2D eigenvalue weighted by molar-refractivity contribution is 6.33. The average molecular weight is 377 g/mol. The lowest BCUT2D eigenvalue weighted by atomic mass is 10.1. The fourth-order valence-corrected chi connectivity index (χ4v) is 2.77. The Bertz CT molecular complexity index is 1100. The summed E-state index contributed by atoms with van der Waals surface area (Å²) in [6, 6.07) is 19.6. The van der Waals surface area contributed by atoms with Crippen LogP contribution in [0.2, 0.25) is 5.02 Å². The molecule has 0 bridgehead atoms. The van der Waals surface area contributed by atoms with Crippen LogP contribution in [0.1, 0.15) is 10.5 Å². The number of benzene rings is 2. The van der Waals surface area contributed by atoms with Gasteiger partial charge in [0.25, 0.3) is 11.8 Å². The summed E-state index contributed by atoms with van der Waals surface area (Å²) in [5.74, 6) is 0.331. The lowest BCUT2D eigenvalue weighted by Gasteiger charge is -2.07. The molecule has 0 spiro atoms. The van der Waals surface area contributed by atoms with E-state index < -0.39 is 0 Å². The number of para-hydroxylation sites is 1. The van der Waals surface area contributed by atoms with Crippen molar-refractivity contribution in [2.45, 2.75) is 0 Å². The first-order valence-electron chi connectivity index (χ1n) is 8.13. The number of nitrogens with one attached hydrogen (secondary N) is 1. The number of rotatable bonds is 4. The highest BCUT2D eigenvalue weighted by Gasteiger charge is 2.17. The highest BCUT2D eigenvalue weighted by atomic mass is 35.5. The van der Waals surface area contributed by atoms with Crippen molar-refractivity contribution in [2.75, 3.05) is 5.32 Å². The molecule has 2 heterocycles. The van der Waals surface area contributed by atoms with Gasteiger partial charge in [0.1, 0.15) is 5.69 Å². The first kappa shape index (κ1) is 16.9. The third-order valence-corrected chi connectivity index (χ3v) is 4.17. The van der Waals surface area contributed by atoms with Gasteiger partial charge >= 0.3 is 0 Å². The molecule has 27 heavy (non-hydrogen) atoms. The molecule has 0 fully saturated rings. The number of nitrogens with zero attached hydrogens (tertiary/aromatic N) is 3. The fourth-order valence-electron chi connectivity index (χ4n) is 2.55. The summed E-state index contributed by atoms with van der Waals surface area (Å²) in [7, 11) is 0. The molecule has 0 aliphatic carbocycles. The number of pyridine rings is 1. The van der Waals surface area contributed by atoms with Gasteiger partial charge in [-0.2, -0.15) is 4.98 Å². The summed E-state index contributed by atoms with van der Waals surface area (Å²) in [5, 5.41) is 7.37. The average Bonchev–Trinajstić information content (AvgIpc) is 3.19. The third-order valence-electron chi connectivity index (χ3n) is 3.84. The number of amides is 1. The maximum absolute atomic E-state index is 12.4. The summed E-state index contributed by atoms with van der Waals surface area (Å²) >= 11 is 6.20. The minimum absolute atomic E-state index is 0.279. The van der Waals surface area contributed by atoms with Crippen LogP contribution in [0.15, 0.2) is 77.4 Å². The van der Waals surface area contributed by atoms with Crippen molar-refractivity contribution in [1.82, 2.24) is 15.1 Å². The summed E-state index contributed by atoms with van der Waals surface area (Å²) < 4.78 is 5.40. The lowest BCUT2D eigenvalue weighted by Crippen LogP contribution is -2.14. The summed E-state index contributed by atoms with van der Waals surface area (Å²) in [5.41, 5.74) is 2.13. The van der Waals surface area contributed by atoms with Crippen molar-refractivity contribution in [3.05, 3.63) is 83.6 Å². The highest BCUT2D eigenvalue weighted by Crippen LogP contribution is 2.30. The van der Waals surface area contributed by atoms with Crippen LogP contribution in [0.5, 0.6) is 0 Å². The van der Waals surface area contributed by atoms with E-state index in [9.17, 15) is 4.79 Å². The second-order valence-electron chi connectivity index (χ2n) is 5.62. The Balaban J connectivity index is 1.66. The van der Waals surface area contributed by atoms with Crippen LogP contribution in [0, 0.1) is 0 Å². The first-order chi connectivity index (χ1) is 13.2. The van der Waals surface area contributed by atoms with E-state index in [0.717, 1.165) is 0 Å². The van der Waals surface area contributed by atoms with Gasteiger partial charge in [0.2, 0.25) is 5.82 Å². The molecule has 0 aliphatic rings. The van der Waals surface area contributed by atoms with Gasteiger partial charge in [0, 0.05) is 11.8 Å². The first-order valence-corrected chi connectivity index (χ1v) is 8.50. The van der Waals surface area contributed by atoms with E-state index in [1.54, 1.807) is 42.6 Å². The second-order valence-corrected chi connectivity index (χ2v) is 6.02. The zero-order valence-corrected chi connectivity index (χ0v) is 14.7. The predicted octanol–water partition coefficient (Wildman–Crippen LogP) is 4.70. The van der Waals surface area contributed by atoms with Gasteiger partial charge in [0.15, 0.2) is 0 Å². The number of aromatic nitrogens is 3. The molecule has 2 aromatic carbocycles. The number of hydrogen-bond acceptors (Lipinski definition) is 5. The zero-order valence-electron chi connectivity index (χ0n) is 14.0. The molecule has 0 saturated heterocycles. The number of anilines is 1. The zero-order chi connectivity index (χ0) is 18.6. The van der Waals surface area contributed by atoms with Crippen molar-refractivity contribution in [3.63, 3.8) is 0 Å². The molecular formula is C20H13ClN4O2. The standard InChI is InChI=1S/C20H13ClN4O2/c21-15-9-3-1-7-13(15)18-24-20(27-25-18)14-8-2-4-10-16(14)23-19(26)17-11-5-6-12-22-17/h1-12H,(H,23,26). The Kier molecular flexibility index (Phi) is 4.63.